The monoisotopic (exact) mass is 490 g/mol. The summed E-state index contributed by atoms with van der Waals surface area (Å²) in [6.07, 6.45) is -1.64. The standard InChI is InChI=1S/C26H34O9/c1-20(2)26(29)35-19-22(28)17-31-13-15-33-25-10-8-24(9-11-25)32-14-12-30-16-21(27)18-34-23-6-4-3-5-7-23/h3-11,21-22,27-28H,1,12-19H2,2H3. The zero-order valence-electron chi connectivity index (χ0n) is 20.0. The van der Waals surface area contributed by atoms with Crippen molar-refractivity contribution >= 4 is 5.97 Å². The van der Waals surface area contributed by atoms with Gasteiger partial charge in [-0.3, -0.25) is 0 Å². The third-order valence-electron chi connectivity index (χ3n) is 4.38. The molecule has 2 aromatic carbocycles. The van der Waals surface area contributed by atoms with Gasteiger partial charge in [-0.25, -0.2) is 4.79 Å². The van der Waals surface area contributed by atoms with E-state index in [0.717, 1.165) is 0 Å². The van der Waals surface area contributed by atoms with Gasteiger partial charge in [-0.15, -0.1) is 0 Å². The summed E-state index contributed by atoms with van der Waals surface area (Å²) in [6, 6.07) is 16.4. The van der Waals surface area contributed by atoms with Crippen LogP contribution in [0.4, 0.5) is 0 Å². The van der Waals surface area contributed by atoms with Crippen LogP contribution in [0.25, 0.3) is 0 Å². The van der Waals surface area contributed by atoms with Crippen LogP contribution in [0.3, 0.4) is 0 Å². The van der Waals surface area contributed by atoms with Gasteiger partial charge in [0.25, 0.3) is 0 Å². The first-order valence-electron chi connectivity index (χ1n) is 11.3. The quantitative estimate of drug-likeness (QED) is 0.185. The van der Waals surface area contributed by atoms with Gasteiger partial charge < -0.3 is 38.6 Å². The first kappa shape index (κ1) is 28.1. The Bertz CT molecular complexity index is 855. The second-order valence-electron chi connectivity index (χ2n) is 7.63. The minimum absolute atomic E-state index is 0.0265. The number of aliphatic hydroxyl groups is 2. The molecule has 0 aliphatic heterocycles. The van der Waals surface area contributed by atoms with Crippen LogP contribution in [0.2, 0.25) is 0 Å². The molecule has 0 radical (unpaired) electrons. The molecule has 0 aliphatic carbocycles. The Kier molecular flexibility index (Phi) is 13.3. The van der Waals surface area contributed by atoms with Crippen LogP contribution in [-0.4, -0.2) is 81.2 Å². The summed E-state index contributed by atoms with van der Waals surface area (Å²) in [5.74, 6) is 1.47. The predicted molar refractivity (Wildman–Crippen MR) is 129 cm³/mol. The zero-order valence-corrected chi connectivity index (χ0v) is 20.0. The number of para-hydroxylation sites is 1. The van der Waals surface area contributed by atoms with Gasteiger partial charge in [0.2, 0.25) is 0 Å². The highest BCUT2D eigenvalue weighted by Gasteiger charge is 2.09. The van der Waals surface area contributed by atoms with Gasteiger partial charge in [0.05, 0.1) is 26.4 Å². The third-order valence-corrected chi connectivity index (χ3v) is 4.38. The summed E-state index contributed by atoms with van der Waals surface area (Å²) < 4.78 is 32.2. The number of carbonyl (C=O) groups is 1. The van der Waals surface area contributed by atoms with Crippen molar-refractivity contribution in [1.82, 2.24) is 0 Å². The van der Waals surface area contributed by atoms with Gasteiger partial charge in [0, 0.05) is 5.57 Å². The first-order chi connectivity index (χ1) is 16.9. The molecule has 0 fully saturated rings. The number of carbonyl (C=O) groups excluding carboxylic acids is 1. The number of hydrogen-bond acceptors (Lipinski definition) is 9. The molecule has 2 rings (SSSR count). The highest BCUT2D eigenvalue weighted by Crippen LogP contribution is 2.17. The molecule has 0 saturated heterocycles. The Morgan fingerprint density at radius 1 is 0.714 bits per heavy atom. The summed E-state index contributed by atoms with van der Waals surface area (Å²) in [6.45, 7) is 6.42. The number of aliphatic hydroxyl groups excluding tert-OH is 2. The molecule has 2 N–H and O–H groups in total. The lowest BCUT2D eigenvalue weighted by Gasteiger charge is -2.13. The van der Waals surface area contributed by atoms with E-state index in [2.05, 4.69) is 6.58 Å². The van der Waals surface area contributed by atoms with E-state index >= 15 is 0 Å². The van der Waals surface area contributed by atoms with Gasteiger partial charge in [-0.05, 0) is 43.3 Å². The number of hydrogen-bond donors (Lipinski definition) is 2. The summed E-state index contributed by atoms with van der Waals surface area (Å²) in [5.41, 5.74) is 0.275. The van der Waals surface area contributed by atoms with Crippen molar-refractivity contribution < 1.29 is 43.4 Å². The summed E-state index contributed by atoms with van der Waals surface area (Å²) in [4.78, 5) is 11.3. The van der Waals surface area contributed by atoms with Crippen LogP contribution in [0.15, 0.2) is 66.7 Å². The smallest absolute Gasteiger partial charge is 0.333 e. The van der Waals surface area contributed by atoms with Crippen molar-refractivity contribution in [2.24, 2.45) is 0 Å². The molecule has 9 heteroatoms. The molecule has 2 unspecified atom stereocenters. The molecule has 35 heavy (non-hydrogen) atoms. The molecule has 2 atom stereocenters. The first-order valence-corrected chi connectivity index (χ1v) is 11.3. The number of rotatable bonds is 18. The van der Waals surface area contributed by atoms with E-state index in [1.165, 1.54) is 6.92 Å². The van der Waals surface area contributed by atoms with E-state index in [-0.39, 0.29) is 38.6 Å². The number of benzene rings is 2. The Hall–Kier alpha value is -3.11. The summed E-state index contributed by atoms with van der Waals surface area (Å²) >= 11 is 0. The maximum absolute atomic E-state index is 11.3. The van der Waals surface area contributed by atoms with Gasteiger partial charge in [-0.1, -0.05) is 24.8 Å². The Labute approximate surface area is 205 Å². The molecule has 0 amide bonds. The van der Waals surface area contributed by atoms with E-state index < -0.39 is 18.2 Å². The van der Waals surface area contributed by atoms with E-state index in [9.17, 15) is 15.0 Å². The van der Waals surface area contributed by atoms with Crippen molar-refractivity contribution in [1.29, 1.82) is 0 Å². The van der Waals surface area contributed by atoms with Crippen molar-refractivity contribution in [2.75, 3.05) is 52.9 Å². The molecule has 0 heterocycles. The lowest BCUT2D eigenvalue weighted by atomic mass is 10.3. The summed E-state index contributed by atoms with van der Waals surface area (Å²) in [7, 11) is 0. The van der Waals surface area contributed by atoms with Gasteiger partial charge in [0.15, 0.2) is 0 Å². The van der Waals surface area contributed by atoms with E-state index in [1.54, 1.807) is 24.3 Å². The second kappa shape index (κ2) is 16.5. The fourth-order valence-corrected chi connectivity index (χ4v) is 2.61. The molecule has 2 aromatic rings. The van der Waals surface area contributed by atoms with Crippen LogP contribution in [0.5, 0.6) is 17.2 Å². The summed E-state index contributed by atoms with van der Waals surface area (Å²) in [5, 5.41) is 19.6. The van der Waals surface area contributed by atoms with Crippen LogP contribution in [-0.2, 0) is 19.0 Å². The predicted octanol–water partition coefficient (Wildman–Crippen LogP) is 2.40. The third kappa shape index (κ3) is 12.8. The van der Waals surface area contributed by atoms with Gasteiger partial charge in [-0.2, -0.15) is 0 Å². The van der Waals surface area contributed by atoms with Crippen LogP contribution >= 0.6 is 0 Å². The Morgan fingerprint density at radius 2 is 1.20 bits per heavy atom. The van der Waals surface area contributed by atoms with Crippen LogP contribution < -0.4 is 14.2 Å². The molecule has 0 aromatic heterocycles. The molecule has 0 bridgehead atoms. The van der Waals surface area contributed by atoms with Crippen LogP contribution in [0.1, 0.15) is 6.92 Å². The van der Waals surface area contributed by atoms with Crippen molar-refractivity contribution in [3.63, 3.8) is 0 Å². The SMILES string of the molecule is C=C(C)C(=O)OCC(O)COCCOc1ccc(OCCOCC(O)COc2ccccc2)cc1. The Balaban J connectivity index is 1.48. The number of ether oxygens (including phenoxy) is 6. The average Bonchev–Trinajstić information content (AvgIpc) is 2.87. The number of esters is 1. The molecule has 0 aliphatic rings. The highest BCUT2D eigenvalue weighted by molar-refractivity contribution is 5.86. The molecular formula is C26H34O9. The van der Waals surface area contributed by atoms with Gasteiger partial charge in [0.1, 0.15) is 55.9 Å². The maximum atomic E-state index is 11.3. The largest absolute Gasteiger partial charge is 0.491 e. The molecule has 0 spiro atoms. The molecule has 9 nitrogen and oxygen atoms in total. The molecule has 0 saturated carbocycles. The average molecular weight is 491 g/mol. The lowest BCUT2D eigenvalue weighted by molar-refractivity contribution is -0.143. The fourth-order valence-electron chi connectivity index (χ4n) is 2.61. The van der Waals surface area contributed by atoms with E-state index in [1.807, 2.05) is 30.3 Å². The normalized spacial score (nSPS) is 12.4. The van der Waals surface area contributed by atoms with Gasteiger partial charge >= 0.3 is 5.97 Å². The van der Waals surface area contributed by atoms with Crippen molar-refractivity contribution in [3.8, 4) is 17.2 Å². The lowest BCUT2D eigenvalue weighted by Crippen LogP contribution is -2.25. The highest BCUT2D eigenvalue weighted by atomic mass is 16.6. The Morgan fingerprint density at radius 3 is 1.71 bits per heavy atom. The zero-order chi connectivity index (χ0) is 25.3. The maximum Gasteiger partial charge on any atom is 0.333 e. The minimum atomic E-state index is -0.912. The van der Waals surface area contributed by atoms with Crippen LogP contribution in [0, 0.1) is 0 Å². The minimum Gasteiger partial charge on any atom is -0.491 e. The van der Waals surface area contributed by atoms with Crippen molar-refractivity contribution in [3.05, 3.63) is 66.7 Å². The fraction of sp³-hybridized carbons (Fsp3) is 0.423. The topological polar surface area (TPSA) is 113 Å². The van der Waals surface area contributed by atoms with E-state index in [4.69, 9.17) is 28.4 Å². The second-order valence-corrected chi connectivity index (χ2v) is 7.63. The van der Waals surface area contributed by atoms with Crippen molar-refractivity contribution in [2.45, 2.75) is 19.1 Å². The molecular weight excluding hydrogens is 456 g/mol. The molecule has 192 valence electrons. The van der Waals surface area contributed by atoms with E-state index in [0.29, 0.717) is 37.1 Å².